The zero-order chi connectivity index (χ0) is 11.5. The van der Waals surface area contributed by atoms with Gasteiger partial charge in [-0.05, 0) is 0 Å². The quantitative estimate of drug-likeness (QED) is 0.870. The Morgan fingerprint density at radius 2 is 1.76 bits per heavy atom. The van der Waals surface area contributed by atoms with E-state index in [1.165, 1.54) is 0 Å². The van der Waals surface area contributed by atoms with Gasteiger partial charge in [0.2, 0.25) is 0 Å². The normalized spacial score (nSPS) is 15.3. The Labute approximate surface area is 99.7 Å². The third-order valence-corrected chi connectivity index (χ3v) is 2.69. The number of aromatic nitrogens is 2. The molecule has 0 unspecified atom stereocenters. The second-order valence-electron chi connectivity index (χ2n) is 4.04. The molecule has 4 heteroatoms. The van der Waals surface area contributed by atoms with E-state index in [1.807, 2.05) is 42.7 Å². The molecular weight excluding hydrogens is 214 g/mol. The van der Waals surface area contributed by atoms with E-state index in [0.717, 1.165) is 30.3 Å². The maximum atomic E-state index is 5.10. The number of benzene rings is 1. The zero-order valence-corrected chi connectivity index (χ0v) is 9.34. The van der Waals surface area contributed by atoms with Gasteiger partial charge in [-0.1, -0.05) is 30.3 Å². The number of nitrogens with zero attached hydrogens (tertiary/aromatic N) is 2. The van der Waals surface area contributed by atoms with E-state index in [2.05, 4.69) is 15.3 Å². The van der Waals surface area contributed by atoms with Crippen LogP contribution in [0, 0.1) is 0 Å². The van der Waals surface area contributed by atoms with Gasteiger partial charge in [-0.3, -0.25) is 0 Å². The van der Waals surface area contributed by atoms with Crippen molar-refractivity contribution in [3.05, 3.63) is 42.7 Å². The number of anilines is 1. The summed E-state index contributed by atoms with van der Waals surface area (Å²) in [5, 5.41) is 3.31. The van der Waals surface area contributed by atoms with Crippen molar-refractivity contribution >= 4 is 5.69 Å². The number of nitrogens with one attached hydrogen (secondary N) is 1. The SMILES string of the molecule is c1ccc(-c2ncc(NC3COC3)cn2)cc1. The zero-order valence-electron chi connectivity index (χ0n) is 9.34. The van der Waals surface area contributed by atoms with Crippen LogP contribution in [0.5, 0.6) is 0 Å². The average Bonchev–Trinajstić information content (AvgIpc) is 2.36. The van der Waals surface area contributed by atoms with Crippen LogP contribution in [0.2, 0.25) is 0 Å². The third-order valence-electron chi connectivity index (χ3n) is 2.69. The number of hydrogen-bond donors (Lipinski definition) is 1. The second kappa shape index (κ2) is 4.51. The summed E-state index contributed by atoms with van der Waals surface area (Å²) in [6.07, 6.45) is 3.63. The molecule has 17 heavy (non-hydrogen) atoms. The topological polar surface area (TPSA) is 47.0 Å². The minimum absolute atomic E-state index is 0.404. The Kier molecular flexibility index (Phi) is 2.71. The van der Waals surface area contributed by atoms with E-state index in [4.69, 9.17) is 4.74 Å². The third kappa shape index (κ3) is 2.26. The highest BCUT2D eigenvalue weighted by molar-refractivity contribution is 5.55. The van der Waals surface area contributed by atoms with E-state index in [-0.39, 0.29) is 0 Å². The van der Waals surface area contributed by atoms with Gasteiger partial charge in [-0.15, -0.1) is 0 Å². The standard InChI is InChI=1S/C13H13N3O/c1-2-4-10(5-3-1)13-14-6-11(7-15-13)16-12-8-17-9-12/h1-7,12,16H,8-9H2. The molecule has 0 radical (unpaired) electrons. The van der Waals surface area contributed by atoms with Crippen LogP contribution in [0.4, 0.5) is 5.69 Å². The molecule has 0 bridgehead atoms. The Morgan fingerprint density at radius 3 is 2.35 bits per heavy atom. The highest BCUT2D eigenvalue weighted by Gasteiger charge is 2.17. The molecule has 0 amide bonds. The van der Waals surface area contributed by atoms with Gasteiger partial charge in [0.25, 0.3) is 0 Å². The van der Waals surface area contributed by atoms with Crippen LogP contribution in [0.25, 0.3) is 11.4 Å². The molecule has 0 aliphatic carbocycles. The van der Waals surface area contributed by atoms with E-state index in [0.29, 0.717) is 6.04 Å². The molecule has 1 aliphatic heterocycles. The molecule has 1 N–H and O–H groups in total. The molecule has 1 aromatic heterocycles. The van der Waals surface area contributed by atoms with Crippen molar-refractivity contribution in [2.24, 2.45) is 0 Å². The fourth-order valence-corrected chi connectivity index (χ4v) is 1.69. The lowest BCUT2D eigenvalue weighted by atomic mass is 10.2. The second-order valence-corrected chi connectivity index (χ2v) is 4.04. The van der Waals surface area contributed by atoms with E-state index >= 15 is 0 Å². The Bertz CT molecular complexity index is 480. The van der Waals surface area contributed by atoms with Gasteiger partial charge in [0.1, 0.15) is 0 Å². The molecule has 2 aromatic rings. The van der Waals surface area contributed by atoms with Crippen LogP contribution in [0.1, 0.15) is 0 Å². The van der Waals surface area contributed by atoms with E-state index < -0.39 is 0 Å². The van der Waals surface area contributed by atoms with Crippen molar-refractivity contribution in [2.75, 3.05) is 18.5 Å². The molecule has 4 nitrogen and oxygen atoms in total. The highest BCUT2D eigenvalue weighted by Crippen LogP contribution is 2.16. The first-order chi connectivity index (χ1) is 8.42. The summed E-state index contributed by atoms with van der Waals surface area (Å²) < 4.78 is 5.10. The van der Waals surface area contributed by atoms with Crippen molar-refractivity contribution in [1.82, 2.24) is 9.97 Å². The van der Waals surface area contributed by atoms with Gasteiger partial charge < -0.3 is 10.1 Å². The number of hydrogen-bond acceptors (Lipinski definition) is 4. The molecule has 1 fully saturated rings. The van der Waals surface area contributed by atoms with Crippen molar-refractivity contribution in [2.45, 2.75) is 6.04 Å². The maximum absolute atomic E-state index is 5.10. The molecule has 0 saturated carbocycles. The lowest BCUT2D eigenvalue weighted by Gasteiger charge is -2.27. The minimum Gasteiger partial charge on any atom is -0.377 e. The van der Waals surface area contributed by atoms with Gasteiger partial charge in [0.15, 0.2) is 5.82 Å². The lowest BCUT2D eigenvalue weighted by Crippen LogP contribution is -2.40. The predicted octanol–water partition coefficient (Wildman–Crippen LogP) is 1.95. The molecule has 1 saturated heterocycles. The molecule has 3 rings (SSSR count). The Hall–Kier alpha value is -1.94. The fourth-order valence-electron chi connectivity index (χ4n) is 1.69. The number of rotatable bonds is 3. The first-order valence-corrected chi connectivity index (χ1v) is 5.63. The van der Waals surface area contributed by atoms with Crippen molar-refractivity contribution in [3.63, 3.8) is 0 Å². The smallest absolute Gasteiger partial charge is 0.159 e. The van der Waals surface area contributed by atoms with Crippen molar-refractivity contribution < 1.29 is 4.74 Å². The Balaban J connectivity index is 1.75. The molecule has 0 spiro atoms. The minimum atomic E-state index is 0.404. The molecule has 1 aromatic carbocycles. The maximum Gasteiger partial charge on any atom is 0.159 e. The van der Waals surface area contributed by atoms with Crippen molar-refractivity contribution in [1.29, 1.82) is 0 Å². The van der Waals surface area contributed by atoms with Gasteiger partial charge in [0, 0.05) is 5.56 Å². The summed E-state index contributed by atoms with van der Waals surface area (Å²) in [5.41, 5.74) is 1.98. The molecule has 1 aliphatic rings. The first kappa shape index (κ1) is 10.2. The van der Waals surface area contributed by atoms with Gasteiger partial charge in [-0.2, -0.15) is 0 Å². The van der Waals surface area contributed by atoms with E-state index in [9.17, 15) is 0 Å². The summed E-state index contributed by atoms with van der Waals surface area (Å²) >= 11 is 0. The summed E-state index contributed by atoms with van der Waals surface area (Å²) in [6.45, 7) is 1.53. The summed E-state index contributed by atoms with van der Waals surface area (Å²) in [7, 11) is 0. The molecule has 86 valence electrons. The van der Waals surface area contributed by atoms with Gasteiger partial charge in [-0.25, -0.2) is 9.97 Å². The molecule has 2 heterocycles. The number of ether oxygens (including phenoxy) is 1. The highest BCUT2D eigenvalue weighted by atomic mass is 16.5. The molecule has 0 atom stereocenters. The summed E-state index contributed by atoms with van der Waals surface area (Å²) in [6, 6.07) is 10.4. The summed E-state index contributed by atoms with van der Waals surface area (Å²) in [5.74, 6) is 0.751. The van der Waals surface area contributed by atoms with Crippen LogP contribution in [-0.2, 0) is 4.74 Å². The van der Waals surface area contributed by atoms with Crippen LogP contribution < -0.4 is 5.32 Å². The van der Waals surface area contributed by atoms with Gasteiger partial charge in [0.05, 0.1) is 37.3 Å². The van der Waals surface area contributed by atoms with Crippen LogP contribution in [-0.4, -0.2) is 29.2 Å². The largest absolute Gasteiger partial charge is 0.377 e. The van der Waals surface area contributed by atoms with E-state index in [1.54, 1.807) is 0 Å². The predicted molar refractivity (Wildman–Crippen MR) is 65.7 cm³/mol. The summed E-state index contributed by atoms with van der Waals surface area (Å²) in [4.78, 5) is 8.69. The fraction of sp³-hybridized carbons (Fsp3) is 0.231. The Morgan fingerprint density at radius 1 is 1.06 bits per heavy atom. The first-order valence-electron chi connectivity index (χ1n) is 5.63. The monoisotopic (exact) mass is 227 g/mol. The van der Waals surface area contributed by atoms with Crippen molar-refractivity contribution in [3.8, 4) is 11.4 Å². The molecular formula is C13H13N3O. The van der Waals surface area contributed by atoms with Crippen LogP contribution in [0.3, 0.4) is 0 Å². The van der Waals surface area contributed by atoms with Crippen LogP contribution in [0.15, 0.2) is 42.7 Å². The van der Waals surface area contributed by atoms with Crippen LogP contribution >= 0.6 is 0 Å². The average molecular weight is 227 g/mol. The lowest BCUT2D eigenvalue weighted by molar-refractivity contribution is 0.0211. The van der Waals surface area contributed by atoms with Gasteiger partial charge >= 0.3 is 0 Å².